The van der Waals surface area contributed by atoms with Crippen molar-refractivity contribution in [1.29, 1.82) is 0 Å². The molecule has 1 aromatic rings. The van der Waals surface area contributed by atoms with Crippen molar-refractivity contribution in [2.45, 2.75) is 0 Å². The summed E-state index contributed by atoms with van der Waals surface area (Å²) in [6, 6.07) is -0.0669. The van der Waals surface area contributed by atoms with Gasteiger partial charge in [0.2, 0.25) is 0 Å². The number of ether oxygens (including phenoxy) is 1. The Balaban J connectivity index is 2.40. The Morgan fingerprint density at radius 1 is 1.23 bits per heavy atom. The van der Waals surface area contributed by atoms with Gasteiger partial charge in [-0.15, -0.1) is 4.73 Å². The fourth-order valence-electron chi connectivity index (χ4n) is 0.807. The Morgan fingerprint density at radius 2 is 2.00 bits per heavy atom. The Kier molecular flexibility index (Phi) is 1.59. The van der Waals surface area contributed by atoms with Crippen LogP contribution in [-0.4, -0.2) is 21.7 Å². The molecule has 2 heterocycles. The van der Waals surface area contributed by atoms with Crippen LogP contribution in [0, 0.1) is 0 Å². The molecule has 6 heteroatoms. The van der Waals surface area contributed by atoms with E-state index in [1.54, 1.807) is 0 Å². The Morgan fingerprint density at radius 3 is 2.85 bits per heavy atom. The molecule has 0 atom stereocenters. The highest BCUT2D eigenvalue weighted by Crippen LogP contribution is 2.07. The van der Waals surface area contributed by atoms with Gasteiger partial charge in [-0.1, -0.05) is 0 Å². The predicted octanol–water partition coefficient (Wildman–Crippen LogP) is -0.687. The van der Waals surface area contributed by atoms with Crippen molar-refractivity contribution in [3.63, 3.8) is 0 Å². The Labute approximate surface area is 72.3 Å². The van der Waals surface area contributed by atoms with Gasteiger partial charge in [0, 0.05) is 12.2 Å². The average Bonchev–Trinajstić information content (AvgIpc) is 2.47. The summed E-state index contributed by atoms with van der Waals surface area (Å²) in [7, 11) is 0. The van der Waals surface area contributed by atoms with Crippen LogP contribution in [0.5, 0.6) is 6.01 Å². The molecule has 0 spiro atoms. The van der Waals surface area contributed by atoms with E-state index >= 15 is 0 Å². The highest BCUT2D eigenvalue weighted by atomic mass is 16.7. The highest BCUT2D eigenvalue weighted by Gasteiger charge is 2.14. The molecule has 0 radical (unpaired) electrons. The maximum atomic E-state index is 10.9. The number of aromatic nitrogens is 2. The number of hydrogen-bond acceptors (Lipinski definition) is 5. The largest absolute Gasteiger partial charge is 0.387 e. The second kappa shape index (κ2) is 2.74. The second-order valence-corrected chi connectivity index (χ2v) is 2.20. The first-order valence-corrected chi connectivity index (χ1v) is 3.41. The third kappa shape index (κ3) is 1.41. The standard InChI is InChI=1S/C7H4N2O4/c10-5-1-2-6(11)13-9-4-3-8-7(9)12-5/h1-4H/b2-1-. The molecule has 0 unspecified atom stereocenters. The van der Waals surface area contributed by atoms with Crippen LogP contribution in [0.3, 0.4) is 0 Å². The van der Waals surface area contributed by atoms with E-state index < -0.39 is 11.9 Å². The minimum Gasteiger partial charge on any atom is -0.387 e. The van der Waals surface area contributed by atoms with E-state index in [-0.39, 0.29) is 6.01 Å². The molecule has 66 valence electrons. The van der Waals surface area contributed by atoms with Crippen LogP contribution in [0.2, 0.25) is 0 Å². The number of fused-ring (bicyclic) bond motifs is 1. The molecule has 6 nitrogen and oxygen atoms in total. The number of carbonyl (C=O) groups is 2. The molecule has 13 heavy (non-hydrogen) atoms. The van der Waals surface area contributed by atoms with Gasteiger partial charge in [-0.2, -0.15) is 0 Å². The summed E-state index contributed by atoms with van der Waals surface area (Å²) in [6.07, 6.45) is 4.66. The lowest BCUT2D eigenvalue weighted by atomic mass is 10.5. The van der Waals surface area contributed by atoms with Crippen LogP contribution < -0.4 is 9.57 Å². The quantitative estimate of drug-likeness (QED) is 0.494. The van der Waals surface area contributed by atoms with Crippen LogP contribution >= 0.6 is 0 Å². The summed E-state index contributed by atoms with van der Waals surface area (Å²) in [6.45, 7) is 0. The zero-order valence-electron chi connectivity index (χ0n) is 6.34. The first-order chi connectivity index (χ1) is 6.25. The lowest BCUT2D eigenvalue weighted by molar-refractivity contribution is -0.142. The van der Waals surface area contributed by atoms with E-state index in [1.807, 2.05) is 0 Å². The van der Waals surface area contributed by atoms with Gasteiger partial charge < -0.3 is 9.57 Å². The maximum Gasteiger partial charge on any atom is 0.356 e. The van der Waals surface area contributed by atoms with Crippen LogP contribution in [0.4, 0.5) is 0 Å². The molecule has 0 saturated heterocycles. The normalized spacial score (nSPS) is 17.8. The van der Waals surface area contributed by atoms with Gasteiger partial charge in [-0.25, -0.2) is 14.6 Å². The number of nitrogens with zero attached hydrogens (tertiary/aromatic N) is 2. The molecule has 0 N–H and O–H groups in total. The summed E-state index contributed by atoms with van der Waals surface area (Å²) in [4.78, 5) is 30.1. The molecule has 1 aliphatic rings. The number of carbonyl (C=O) groups excluding carboxylic acids is 2. The van der Waals surface area contributed by atoms with Crippen molar-refractivity contribution in [1.82, 2.24) is 9.71 Å². The molecule has 0 amide bonds. The van der Waals surface area contributed by atoms with Gasteiger partial charge in [-0.3, -0.25) is 0 Å². The van der Waals surface area contributed by atoms with E-state index in [0.29, 0.717) is 0 Å². The molecule has 0 bridgehead atoms. The number of hydrogen-bond donors (Lipinski definition) is 0. The lowest BCUT2D eigenvalue weighted by Gasteiger charge is -2.06. The number of rotatable bonds is 0. The summed E-state index contributed by atoms with van der Waals surface area (Å²) < 4.78 is 5.65. The first-order valence-electron chi connectivity index (χ1n) is 3.41. The fourth-order valence-corrected chi connectivity index (χ4v) is 0.807. The molecule has 1 aromatic heterocycles. The zero-order valence-corrected chi connectivity index (χ0v) is 6.34. The summed E-state index contributed by atoms with van der Waals surface area (Å²) in [5.41, 5.74) is 0. The summed E-state index contributed by atoms with van der Waals surface area (Å²) >= 11 is 0. The van der Waals surface area contributed by atoms with Gasteiger partial charge >= 0.3 is 17.9 Å². The average molecular weight is 180 g/mol. The SMILES string of the molecule is O=C1/C=C\C(=O)On2ccnc2O1. The van der Waals surface area contributed by atoms with Gasteiger partial charge in [0.15, 0.2) is 0 Å². The van der Waals surface area contributed by atoms with Crippen molar-refractivity contribution in [2.24, 2.45) is 0 Å². The van der Waals surface area contributed by atoms with Gasteiger partial charge in [0.1, 0.15) is 0 Å². The molecular weight excluding hydrogens is 176 g/mol. The van der Waals surface area contributed by atoms with Gasteiger partial charge in [-0.05, 0) is 0 Å². The maximum absolute atomic E-state index is 10.9. The van der Waals surface area contributed by atoms with Crippen molar-refractivity contribution in [3.8, 4) is 6.01 Å². The first kappa shape index (κ1) is 7.53. The van der Waals surface area contributed by atoms with Crippen molar-refractivity contribution < 1.29 is 19.2 Å². The number of esters is 1. The van der Waals surface area contributed by atoms with Crippen LogP contribution in [0.15, 0.2) is 24.5 Å². The van der Waals surface area contributed by atoms with Crippen LogP contribution in [-0.2, 0) is 9.59 Å². The Bertz CT molecular complexity index is 358. The van der Waals surface area contributed by atoms with Crippen LogP contribution in [0.25, 0.3) is 0 Å². The zero-order chi connectivity index (χ0) is 9.26. The summed E-state index contributed by atoms with van der Waals surface area (Å²) in [5, 5.41) is 0. The van der Waals surface area contributed by atoms with E-state index in [1.165, 1.54) is 12.4 Å². The van der Waals surface area contributed by atoms with E-state index in [4.69, 9.17) is 0 Å². The van der Waals surface area contributed by atoms with E-state index in [9.17, 15) is 9.59 Å². The molecule has 0 aliphatic carbocycles. The topological polar surface area (TPSA) is 70.4 Å². The van der Waals surface area contributed by atoms with Gasteiger partial charge in [0.05, 0.1) is 12.4 Å². The molecule has 0 saturated carbocycles. The number of imidazole rings is 1. The highest BCUT2D eigenvalue weighted by molar-refractivity contribution is 5.93. The summed E-state index contributed by atoms with van der Waals surface area (Å²) in [5.74, 6) is -1.32. The minimum absolute atomic E-state index is 0.0669. The Hall–Kier alpha value is -2.11. The van der Waals surface area contributed by atoms with Crippen LogP contribution in [0.1, 0.15) is 0 Å². The third-order valence-electron chi connectivity index (χ3n) is 1.31. The fraction of sp³-hybridized carbons (Fsp3) is 0. The molecule has 0 fully saturated rings. The molecule has 2 rings (SSSR count). The monoisotopic (exact) mass is 180 g/mol. The third-order valence-corrected chi connectivity index (χ3v) is 1.31. The smallest absolute Gasteiger partial charge is 0.356 e. The molecular formula is C7H4N2O4. The second-order valence-electron chi connectivity index (χ2n) is 2.20. The van der Waals surface area contributed by atoms with Crippen molar-refractivity contribution >= 4 is 11.9 Å². The van der Waals surface area contributed by atoms with Crippen molar-refractivity contribution in [2.75, 3.05) is 0 Å². The van der Waals surface area contributed by atoms with E-state index in [2.05, 4.69) is 14.6 Å². The minimum atomic E-state index is -0.663. The van der Waals surface area contributed by atoms with E-state index in [0.717, 1.165) is 16.9 Å². The predicted molar refractivity (Wildman–Crippen MR) is 38.6 cm³/mol. The lowest BCUT2D eigenvalue weighted by Crippen LogP contribution is -2.22. The molecule has 1 aliphatic heterocycles. The molecule has 0 aromatic carbocycles. The van der Waals surface area contributed by atoms with Crippen molar-refractivity contribution in [3.05, 3.63) is 24.5 Å². The van der Waals surface area contributed by atoms with Gasteiger partial charge in [0.25, 0.3) is 0 Å².